The van der Waals surface area contributed by atoms with Crippen molar-refractivity contribution >= 4 is 26.5 Å². The second-order valence-electron chi connectivity index (χ2n) is 4.92. The minimum Gasteiger partial charge on any atom is -0.374 e. The number of anilines is 1. The first kappa shape index (κ1) is 12.3. The van der Waals surface area contributed by atoms with E-state index in [-0.39, 0.29) is 15.5 Å². The summed E-state index contributed by atoms with van der Waals surface area (Å²) >= 11 is 0.947. The molecule has 0 spiro atoms. The van der Waals surface area contributed by atoms with Crippen molar-refractivity contribution in [2.45, 2.75) is 42.5 Å². The van der Waals surface area contributed by atoms with Gasteiger partial charge in [-0.1, -0.05) is 24.2 Å². The maximum absolute atomic E-state index is 12.5. The Morgan fingerprint density at radius 1 is 1.22 bits per heavy atom. The van der Waals surface area contributed by atoms with Gasteiger partial charge in [0.25, 0.3) is 10.0 Å². The zero-order valence-corrected chi connectivity index (χ0v) is 11.6. The lowest BCUT2D eigenvalue weighted by atomic mass is 9.86. The van der Waals surface area contributed by atoms with Crippen LogP contribution in [0.25, 0.3) is 0 Å². The highest BCUT2D eigenvalue weighted by Gasteiger charge is 2.43. The molecule has 0 radical (unpaired) electrons. The molecule has 2 N–H and O–H groups in total. The second-order valence-corrected chi connectivity index (χ2v) is 8.00. The third-order valence-electron chi connectivity index (χ3n) is 3.91. The Morgan fingerprint density at radius 3 is 2.72 bits per heavy atom. The van der Waals surface area contributed by atoms with E-state index in [0.717, 1.165) is 37.0 Å². The maximum Gasteiger partial charge on any atom is 0.272 e. The Bertz CT molecular complexity index is 542. The summed E-state index contributed by atoms with van der Waals surface area (Å²) in [6, 6.07) is 0.161. The van der Waals surface area contributed by atoms with Gasteiger partial charge in [0.1, 0.15) is 0 Å². The molecule has 0 bridgehead atoms. The third kappa shape index (κ3) is 1.92. The molecule has 3 rings (SSSR count). The van der Waals surface area contributed by atoms with Crippen LogP contribution in [0.1, 0.15) is 32.1 Å². The highest BCUT2D eigenvalue weighted by Crippen LogP contribution is 2.39. The van der Waals surface area contributed by atoms with Crippen molar-refractivity contribution in [3.63, 3.8) is 0 Å². The van der Waals surface area contributed by atoms with Crippen LogP contribution in [0.2, 0.25) is 0 Å². The van der Waals surface area contributed by atoms with Gasteiger partial charge in [0.05, 0.1) is 0 Å². The Morgan fingerprint density at radius 2 is 2.00 bits per heavy atom. The second kappa shape index (κ2) is 4.43. The van der Waals surface area contributed by atoms with Crippen LogP contribution in [0.3, 0.4) is 0 Å². The summed E-state index contributed by atoms with van der Waals surface area (Å²) in [5, 5.41) is 7.48. The van der Waals surface area contributed by atoms with Crippen molar-refractivity contribution in [1.29, 1.82) is 0 Å². The fraction of sp³-hybridized carbons (Fsp3) is 0.800. The van der Waals surface area contributed by atoms with Gasteiger partial charge in [0, 0.05) is 12.6 Å². The summed E-state index contributed by atoms with van der Waals surface area (Å²) in [4.78, 5) is 0. The zero-order valence-electron chi connectivity index (χ0n) is 9.95. The van der Waals surface area contributed by atoms with Crippen molar-refractivity contribution in [3.05, 3.63) is 0 Å². The van der Waals surface area contributed by atoms with E-state index in [2.05, 4.69) is 10.2 Å². The molecular weight excluding hydrogens is 272 g/mol. The summed E-state index contributed by atoms with van der Waals surface area (Å²) in [5.41, 5.74) is 5.47. The molecule has 1 saturated heterocycles. The van der Waals surface area contributed by atoms with E-state index >= 15 is 0 Å². The number of nitrogens with zero attached hydrogens (tertiary/aromatic N) is 3. The summed E-state index contributed by atoms with van der Waals surface area (Å²) in [7, 11) is -3.49. The SMILES string of the molecule is Nc1nnc(S(=O)(=O)N2CCC3CCCCC32)s1. The Hall–Kier alpha value is -0.730. The third-order valence-corrected chi connectivity index (χ3v) is 6.93. The van der Waals surface area contributed by atoms with E-state index in [1.807, 2.05) is 0 Å². The Labute approximate surface area is 110 Å². The number of rotatable bonds is 2. The van der Waals surface area contributed by atoms with Gasteiger partial charge in [-0.15, -0.1) is 10.2 Å². The van der Waals surface area contributed by atoms with E-state index in [1.165, 1.54) is 6.42 Å². The first-order valence-electron chi connectivity index (χ1n) is 6.20. The van der Waals surface area contributed by atoms with Crippen LogP contribution in [-0.4, -0.2) is 35.5 Å². The minimum absolute atomic E-state index is 0.0335. The molecule has 1 aliphatic heterocycles. The predicted molar refractivity (Wildman–Crippen MR) is 68.6 cm³/mol. The van der Waals surface area contributed by atoms with Crippen molar-refractivity contribution in [2.75, 3.05) is 12.3 Å². The molecule has 1 aromatic heterocycles. The van der Waals surface area contributed by atoms with Crippen LogP contribution in [-0.2, 0) is 10.0 Å². The van der Waals surface area contributed by atoms with Crippen molar-refractivity contribution in [2.24, 2.45) is 5.92 Å². The molecule has 2 unspecified atom stereocenters. The molecule has 8 heteroatoms. The zero-order chi connectivity index (χ0) is 12.8. The van der Waals surface area contributed by atoms with E-state index < -0.39 is 10.0 Å². The average molecular weight is 288 g/mol. The summed E-state index contributed by atoms with van der Waals surface area (Å²) in [6.07, 6.45) is 5.43. The number of aromatic nitrogens is 2. The molecule has 100 valence electrons. The quantitative estimate of drug-likeness (QED) is 0.879. The molecule has 2 aliphatic rings. The topological polar surface area (TPSA) is 89.2 Å². The Balaban J connectivity index is 1.90. The van der Waals surface area contributed by atoms with Crippen molar-refractivity contribution in [3.8, 4) is 0 Å². The Kier molecular flexibility index (Phi) is 3.03. The lowest BCUT2D eigenvalue weighted by Crippen LogP contribution is -2.39. The molecule has 1 aromatic rings. The van der Waals surface area contributed by atoms with Crippen LogP contribution in [0.4, 0.5) is 5.13 Å². The monoisotopic (exact) mass is 288 g/mol. The molecule has 0 amide bonds. The molecular formula is C10H16N4O2S2. The van der Waals surface area contributed by atoms with Gasteiger partial charge in [-0.05, 0) is 25.2 Å². The van der Waals surface area contributed by atoms with Crippen LogP contribution in [0.15, 0.2) is 4.34 Å². The molecule has 6 nitrogen and oxygen atoms in total. The molecule has 2 fully saturated rings. The normalized spacial score (nSPS) is 29.3. The van der Waals surface area contributed by atoms with Gasteiger partial charge < -0.3 is 5.73 Å². The smallest absolute Gasteiger partial charge is 0.272 e. The fourth-order valence-corrected chi connectivity index (χ4v) is 5.72. The van der Waals surface area contributed by atoms with Crippen LogP contribution >= 0.6 is 11.3 Å². The number of sulfonamides is 1. The van der Waals surface area contributed by atoms with E-state index in [1.54, 1.807) is 4.31 Å². The number of nitrogens with two attached hydrogens (primary N) is 1. The van der Waals surface area contributed by atoms with Gasteiger partial charge >= 0.3 is 0 Å². The van der Waals surface area contributed by atoms with Crippen LogP contribution in [0, 0.1) is 5.92 Å². The number of fused-ring (bicyclic) bond motifs is 1. The van der Waals surface area contributed by atoms with E-state index in [0.29, 0.717) is 12.5 Å². The molecule has 2 atom stereocenters. The average Bonchev–Trinajstić information content (AvgIpc) is 2.95. The molecule has 1 saturated carbocycles. The summed E-state index contributed by atoms with van der Waals surface area (Å²) in [6.45, 7) is 0.608. The molecule has 2 heterocycles. The summed E-state index contributed by atoms with van der Waals surface area (Å²) in [5.74, 6) is 0.527. The number of hydrogen-bond donors (Lipinski definition) is 1. The van der Waals surface area contributed by atoms with E-state index in [9.17, 15) is 8.42 Å². The molecule has 1 aliphatic carbocycles. The molecule has 0 aromatic carbocycles. The van der Waals surface area contributed by atoms with Crippen molar-refractivity contribution < 1.29 is 8.42 Å². The summed E-state index contributed by atoms with van der Waals surface area (Å²) < 4.78 is 26.6. The molecule has 18 heavy (non-hydrogen) atoms. The number of hydrogen-bond acceptors (Lipinski definition) is 6. The maximum atomic E-state index is 12.5. The lowest BCUT2D eigenvalue weighted by Gasteiger charge is -2.30. The van der Waals surface area contributed by atoms with Crippen LogP contribution in [0.5, 0.6) is 0 Å². The predicted octanol–water partition coefficient (Wildman–Crippen LogP) is 1.07. The van der Waals surface area contributed by atoms with Crippen molar-refractivity contribution in [1.82, 2.24) is 14.5 Å². The van der Waals surface area contributed by atoms with Gasteiger partial charge in [0.15, 0.2) is 0 Å². The van der Waals surface area contributed by atoms with Gasteiger partial charge in [0.2, 0.25) is 9.47 Å². The minimum atomic E-state index is -3.49. The first-order valence-corrected chi connectivity index (χ1v) is 8.45. The van der Waals surface area contributed by atoms with Gasteiger partial charge in [-0.25, -0.2) is 8.42 Å². The van der Waals surface area contributed by atoms with Gasteiger partial charge in [-0.2, -0.15) is 4.31 Å². The largest absolute Gasteiger partial charge is 0.374 e. The highest BCUT2D eigenvalue weighted by molar-refractivity contribution is 7.91. The lowest BCUT2D eigenvalue weighted by molar-refractivity contribution is 0.260. The fourth-order valence-electron chi connectivity index (χ4n) is 3.09. The van der Waals surface area contributed by atoms with Crippen LogP contribution < -0.4 is 5.73 Å². The number of nitrogen functional groups attached to an aromatic ring is 1. The standard InChI is InChI=1S/C10H16N4O2S2/c11-9-12-13-10(17-9)18(15,16)14-6-5-7-3-1-2-4-8(7)14/h7-8H,1-6H2,(H2,11,12). The first-order chi connectivity index (χ1) is 8.59. The highest BCUT2D eigenvalue weighted by atomic mass is 32.2. The van der Waals surface area contributed by atoms with E-state index in [4.69, 9.17) is 5.73 Å². The van der Waals surface area contributed by atoms with Gasteiger partial charge in [-0.3, -0.25) is 0 Å².